The minimum atomic E-state index is -0.662. The normalized spacial score (nSPS) is 14.3. The zero-order chi connectivity index (χ0) is 13.7. The van der Waals surface area contributed by atoms with Gasteiger partial charge in [-0.05, 0) is 25.7 Å². The molecule has 0 saturated heterocycles. The lowest BCUT2D eigenvalue weighted by Gasteiger charge is -2.31. The lowest BCUT2D eigenvalue weighted by atomic mass is 10.1. The maximum atomic E-state index is 14.0. The molecule has 0 radical (unpaired) electrons. The summed E-state index contributed by atoms with van der Waals surface area (Å²) in [6.45, 7) is 3.77. The standard InChI is InChI=1S/C14H22FNOS/c1-5-11(9-18-4)16(3)14-12(10(2)17)7-6-8-13(14)15/h6-8,10-11,17H,5,9H2,1-4H3/t10-,11?/m0/s1. The zero-order valence-electron chi connectivity index (χ0n) is 11.5. The van der Waals surface area contributed by atoms with Crippen molar-refractivity contribution in [2.45, 2.75) is 32.4 Å². The molecule has 1 unspecified atom stereocenters. The molecule has 0 amide bonds. The molecule has 1 aromatic carbocycles. The van der Waals surface area contributed by atoms with Gasteiger partial charge in [0.05, 0.1) is 11.8 Å². The molecule has 0 fully saturated rings. The molecule has 0 aliphatic rings. The van der Waals surface area contributed by atoms with Crippen molar-refractivity contribution in [3.8, 4) is 0 Å². The molecule has 4 heteroatoms. The van der Waals surface area contributed by atoms with Crippen molar-refractivity contribution >= 4 is 17.4 Å². The van der Waals surface area contributed by atoms with E-state index in [0.29, 0.717) is 11.3 Å². The SMILES string of the molecule is CCC(CSC)N(C)c1c(F)cccc1[C@H](C)O. The van der Waals surface area contributed by atoms with Crippen molar-refractivity contribution < 1.29 is 9.50 Å². The quantitative estimate of drug-likeness (QED) is 0.857. The highest BCUT2D eigenvalue weighted by Crippen LogP contribution is 2.30. The molecule has 0 spiro atoms. The molecule has 18 heavy (non-hydrogen) atoms. The first-order chi connectivity index (χ1) is 8.52. The fourth-order valence-corrected chi connectivity index (χ4v) is 2.96. The highest BCUT2D eigenvalue weighted by atomic mass is 32.2. The first-order valence-corrected chi connectivity index (χ1v) is 7.60. The molecule has 2 atom stereocenters. The molecular formula is C14H22FNOS. The maximum Gasteiger partial charge on any atom is 0.146 e. The third-order valence-corrected chi connectivity index (χ3v) is 3.92. The summed E-state index contributed by atoms with van der Waals surface area (Å²) in [6, 6.07) is 5.15. The Bertz CT molecular complexity index is 384. The smallest absolute Gasteiger partial charge is 0.146 e. The van der Waals surface area contributed by atoms with Crippen LogP contribution >= 0.6 is 11.8 Å². The summed E-state index contributed by atoms with van der Waals surface area (Å²) in [5.41, 5.74) is 1.17. The van der Waals surface area contributed by atoms with Crippen LogP contribution in [0.3, 0.4) is 0 Å². The average Bonchev–Trinajstić information content (AvgIpc) is 2.34. The summed E-state index contributed by atoms with van der Waals surface area (Å²) < 4.78 is 14.0. The number of nitrogens with zero attached hydrogens (tertiary/aromatic N) is 1. The summed E-state index contributed by atoms with van der Waals surface area (Å²) in [4.78, 5) is 1.95. The van der Waals surface area contributed by atoms with Crippen molar-refractivity contribution in [2.75, 3.05) is 24.0 Å². The van der Waals surface area contributed by atoms with Gasteiger partial charge in [0.2, 0.25) is 0 Å². The Morgan fingerprint density at radius 3 is 2.61 bits per heavy atom. The predicted octanol–water partition coefficient (Wildman–Crippen LogP) is 3.46. The Balaban J connectivity index is 3.13. The average molecular weight is 271 g/mol. The Morgan fingerprint density at radius 1 is 1.44 bits per heavy atom. The summed E-state index contributed by atoms with van der Waals surface area (Å²) in [6.07, 6.45) is 2.34. The summed E-state index contributed by atoms with van der Waals surface area (Å²) in [5.74, 6) is 0.677. The number of para-hydroxylation sites is 1. The summed E-state index contributed by atoms with van der Waals surface area (Å²) in [7, 11) is 1.90. The van der Waals surface area contributed by atoms with Gasteiger partial charge < -0.3 is 10.0 Å². The van der Waals surface area contributed by atoms with Crippen LogP contribution in [0.25, 0.3) is 0 Å². The second kappa shape index (κ2) is 7.00. The van der Waals surface area contributed by atoms with Gasteiger partial charge in [-0.15, -0.1) is 0 Å². The predicted molar refractivity (Wildman–Crippen MR) is 77.9 cm³/mol. The van der Waals surface area contributed by atoms with Crippen LogP contribution in [0.5, 0.6) is 0 Å². The minimum absolute atomic E-state index is 0.268. The largest absolute Gasteiger partial charge is 0.389 e. The lowest BCUT2D eigenvalue weighted by molar-refractivity contribution is 0.199. The zero-order valence-corrected chi connectivity index (χ0v) is 12.3. The first-order valence-electron chi connectivity index (χ1n) is 6.21. The van der Waals surface area contributed by atoms with E-state index in [9.17, 15) is 9.50 Å². The van der Waals surface area contributed by atoms with E-state index in [1.807, 2.05) is 18.2 Å². The van der Waals surface area contributed by atoms with Crippen molar-refractivity contribution in [3.05, 3.63) is 29.6 Å². The topological polar surface area (TPSA) is 23.5 Å². The fourth-order valence-electron chi connectivity index (χ4n) is 2.12. The second-order valence-corrected chi connectivity index (χ2v) is 5.39. The molecule has 1 aromatic rings. The van der Waals surface area contributed by atoms with Gasteiger partial charge in [0.25, 0.3) is 0 Å². The van der Waals surface area contributed by atoms with Crippen LogP contribution in [0, 0.1) is 5.82 Å². The molecule has 1 rings (SSSR count). The Hall–Kier alpha value is -0.740. The minimum Gasteiger partial charge on any atom is -0.389 e. The Labute approximate surface area is 113 Å². The van der Waals surface area contributed by atoms with Gasteiger partial charge in [-0.1, -0.05) is 19.1 Å². The molecular weight excluding hydrogens is 249 g/mol. The van der Waals surface area contributed by atoms with E-state index in [4.69, 9.17) is 0 Å². The molecule has 2 nitrogen and oxygen atoms in total. The van der Waals surface area contributed by atoms with Crippen LogP contribution in [0.2, 0.25) is 0 Å². The summed E-state index contributed by atoms with van der Waals surface area (Å²) >= 11 is 1.75. The lowest BCUT2D eigenvalue weighted by Crippen LogP contribution is -2.34. The van der Waals surface area contributed by atoms with Crippen LogP contribution in [-0.4, -0.2) is 30.2 Å². The van der Waals surface area contributed by atoms with Gasteiger partial charge in [-0.25, -0.2) is 4.39 Å². The molecule has 0 heterocycles. The van der Waals surface area contributed by atoms with Gasteiger partial charge in [0.1, 0.15) is 5.82 Å². The number of halogens is 1. The number of aliphatic hydroxyl groups is 1. The number of rotatable bonds is 6. The highest BCUT2D eigenvalue weighted by Gasteiger charge is 2.21. The number of benzene rings is 1. The molecule has 0 bridgehead atoms. The van der Waals surface area contributed by atoms with Gasteiger partial charge in [0, 0.05) is 24.4 Å². The number of hydrogen-bond donors (Lipinski definition) is 1. The highest BCUT2D eigenvalue weighted by molar-refractivity contribution is 7.98. The molecule has 0 aliphatic heterocycles. The summed E-state index contributed by atoms with van der Waals surface area (Å²) in [5, 5.41) is 9.76. The van der Waals surface area contributed by atoms with Crippen molar-refractivity contribution in [1.29, 1.82) is 0 Å². The van der Waals surface area contributed by atoms with Gasteiger partial charge >= 0.3 is 0 Å². The number of aliphatic hydroxyl groups excluding tert-OH is 1. The monoisotopic (exact) mass is 271 g/mol. The van der Waals surface area contributed by atoms with Crippen molar-refractivity contribution in [1.82, 2.24) is 0 Å². The van der Waals surface area contributed by atoms with Crippen LogP contribution in [0.4, 0.5) is 10.1 Å². The van der Waals surface area contributed by atoms with Crippen LogP contribution < -0.4 is 4.90 Å². The molecule has 0 saturated carbocycles. The third-order valence-electron chi connectivity index (χ3n) is 3.20. The van der Waals surface area contributed by atoms with E-state index < -0.39 is 6.10 Å². The van der Waals surface area contributed by atoms with E-state index in [2.05, 4.69) is 6.92 Å². The van der Waals surface area contributed by atoms with Gasteiger partial charge in [-0.3, -0.25) is 0 Å². The third kappa shape index (κ3) is 3.39. The van der Waals surface area contributed by atoms with E-state index in [-0.39, 0.29) is 11.9 Å². The molecule has 0 aliphatic carbocycles. The van der Waals surface area contributed by atoms with Gasteiger partial charge in [0.15, 0.2) is 0 Å². The van der Waals surface area contributed by atoms with Crippen molar-refractivity contribution in [3.63, 3.8) is 0 Å². The van der Waals surface area contributed by atoms with Crippen LogP contribution in [0.1, 0.15) is 31.9 Å². The van der Waals surface area contributed by atoms with Crippen LogP contribution in [-0.2, 0) is 0 Å². The maximum absolute atomic E-state index is 14.0. The molecule has 1 N–H and O–H groups in total. The van der Waals surface area contributed by atoms with Gasteiger partial charge in [-0.2, -0.15) is 11.8 Å². The Morgan fingerprint density at radius 2 is 2.11 bits per heavy atom. The number of thioether (sulfide) groups is 1. The van der Waals surface area contributed by atoms with E-state index in [0.717, 1.165) is 12.2 Å². The number of hydrogen-bond acceptors (Lipinski definition) is 3. The van der Waals surface area contributed by atoms with E-state index >= 15 is 0 Å². The number of anilines is 1. The second-order valence-electron chi connectivity index (χ2n) is 4.48. The Kier molecular flexibility index (Phi) is 5.96. The van der Waals surface area contributed by atoms with E-state index in [1.54, 1.807) is 30.8 Å². The molecule has 0 aromatic heterocycles. The van der Waals surface area contributed by atoms with Crippen molar-refractivity contribution in [2.24, 2.45) is 0 Å². The van der Waals surface area contributed by atoms with Crippen LogP contribution in [0.15, 0.2) is 18.2 Å². The molecule has 102 valence electrons. The van der Waals surface area contributed by atoms with E-state index in [1.165, 1.54) is 6.07 Å². The fraction of sp³-hybridized carbons (Fsp3) is 0.571. The first kappa shape index (κ1) is 15.3.